The van der Waals surface area contributed by atoms with E-state index in [1.807, 2.05) is 58.0 Å². The first-order valence-electron chi connectivity index (χ1n) is 11.4. The molecule has 0 spiro atoms. The summed E-state index contributed by atoms with van der Waals surface area (Å²) in [4.78, 5) is 26.9. The normalized spacial score (nSPS) is 14.6. The quantitative estimate of drug-likeness (QED) is 0.294. The Labute approximate surface area is 200 Å². The Hall–Kier alpha value is -4.32. The molecular weight excluding hydrogens is 444 g/mol. The third-order valence-electron chi connectivity index (χ3n) is 6.94. The minimum atomic E-state index is -0.934. The lowest BCUT2D eigenvalue weighted by molar-refractivity contribution is 0.425. The standard InChI is InChI=1S/C29H22O6/c1-13-9-11-15(3)25-19(13)24(30)22(28(31)34-25)21-17-7-5-6-8-18(17)33-27-20-14(2)10-12-16(4)26(20)35-29(32)23(21)27/h5-12,21,30H,1-4H3. The molecule has 0 saturated heterocycles. The van der Waals surface area contributed by atoms with Crippen molar-refractivity contribution >= 4 is 21.9 Å². The molecule has 0 bridgehead atoms. The highest BCUT2D eigenvalue weighted by Gasteiger charge is 2.38. The predicted octanol–water partition coefficient (Wildman–Crippen LogP) is 6.12. The highest BCUT2D eigenvalue weighted by atomic mass is 16.5. The lowest BCUT2D eigenvalue weighted by Gasteiger charge is -2.28. The Morgan fingerprint density at radius 2 is 1.23 bits per heavy atom. The Balaban J connectivity index is 1.80. The van der Waals surface area contributed by atoms with Crippen LogP contribution in [0.5, 0.6) is 17.2 Å². The zero-order valence-electron chi connectivity index (χ0n) is 19.7. The molecule has 6 rings (SSSR count). The van der Waals surface area contributed by atoms with Crippen molar-refractivity contribution in [1.82, 2.24) is 0 Å². The number of rotatable bonds is 1. The van der Waals surface area contributed by atoms with Crippen LogP contribution >= 0.6 is 0 Å². The van der Waals surface area contributed by atoms with Gasteiger partial charge in [-0.15, -0.1) is 0 Å². The van der Waals surface area contributed by atoms with Crippen molar-refractivity contribution in [2.24, 2.45) is 0 Å². The maximum absolute atomic E-state index is 13.5. The van der Waals surface area contributed by atoms with Crippen LogP contribution in [0.2, 0.25) is 0 Å². The van der Waals surface area contributed by atoms with Crippen LogP contribution in [0.3, 0.4) is 0 Å². The first kappa shape index (κ1) is 21.2. The van der Waals surface area contributed by atoms with Gasteiger partial charge >= 0.3 is 11.3 Å². The third-order valence-corrected chi connectivity index (χ3v) is 6.94. The van der Waals surface area contributed by atoms with Crippen molar-refractivity contribution in [1.29, 1.82) is 0 Å². The molecule has 3 aromatic carbocycles. The van der Waals surface area contributed by atoms with Crippen LogP contribution in [0.15, 0.2) is 67.0 Å². The van der Waals surface area contributed by atoms with Gasteiger partial charge in [-0.1, -0.05) is 42.5 Å². The number of aryl methyl sites for hydroxylation is 4. The maximum Gasteiger partial charge on any atom is 0.344 e. The third kappa shape index (κ3) is 2.89. The van der Waals surface area contributed by atoms with E-state index in [0.29, 0.717) is 39.0 Å². The number of fused-ring (bicyclic) bond motifs is 5. The molecule has 6 nitrogen and oxygen atoms in total. The van der Waals surface area contributed by atoms with Gasteiger partial charge in [-0.2, -0.15) is 0 Å². The average Bonchev–Trinajstić information content (AvgIpc) is 2.83. The summed E-state index contributed by atoms with van der Waals surface area (Å²) in [5.41, 5.74) is 3.30. The number of aromatic hydroxyl groups is 1. The van der Waals surface area contributed by atoms with Gasteiger partial charge in [0.2, 0.25) is 0 Å². The molecule has 0 fully saturated rings. The van der Waals surface area contributed by atoms with Gasteiger partial charge in [-0.05, 0) is 56.0 Å². The van der Waals surface area contributed by atoms with Crippen LogP contribution < -0.4 is 16.0 Å². The first-order valence-corrected chi connectivity index (χ1v) is 11.4. The molecule has 0 amide bonds. The van der Waals surface area contributed by atoms with Crippen molar-refractivity contribution in [2.45, 2.75) is 33.6 Å². The summed E-state index contributed by atoms with van der Waals surface area (Å²) in [6.45, 7) is 7.43. The first-order chi connectivity index (χ1) is 16.8. The minimum absolute atomic E-state index is 0.0137. The van der Waals surface area contributed by atoms with Crippen LogP contribution in [0, 0.1) is 27.7 Å². The minimum Gasteiger partial charge on any atom is -0.507 e. The predicted molar refractivity (Wildman–Crippen MR) is 133 cm³/mol. The van der Waals surface area contributed by atoms with Crippen molar-refractivity contribution < 1.29 is 18.7 Å². The van der Waals surface area contributed by atoms with Gasteiger partial charge in [0.25, 0.3) is 0 Å². The molecule has 1 N–H and O–H groups in total. The second-order valence-corrected chi connectivity index (χ2v) is 9.16. The molecule has 1 aliphatic heterocycles. The van der Waals surface area contributed by atoms with E-state index < -0.39 is 17.2 Å². The second kappa shape index (κ2) is 7.34. The van der Waals surface area contributed by atoms with Crippen LogP contribution in [-0.2, 0) is 0 Å². The van der Waals surface area contributed by atoms with Crippen molar-refractivity contribution in [3.63, 3.8) is 0 Å². The molecule has 0 aliphatic carbocycles. The average molecular weight is 466 g/mol. The Morgan fingerprint density at radius 1 is 0.686 bits per heavy atom. The molecule has 1 atom stereocenters. The van der Waals surface area contributed by atoms with Gasteiger partial charge in [0, 0.05) is 5.56 Å². The molecule has 1 unspecified atom stereocenters. The van der Waals surface area contributed by atoms with Crippen molar-refractivity contribution in [2.75, 3.05) is 0 Å². The largest absolute Gasteiger partial charge is 0.507 e. The second-order valence-electron chi connectivity index (χ2n) is 9.16. The molecule has 2 aromatic heterocycles. The van der Waals surface area contributed by atoms with Crippen LogP contribution in [0.4, 0.5) is 0 Å². The number of para-hydroxylation sites is 1. The van der Waals surface area contributed by atoms with E-state index in [1.54, 1.807) is 18.2 Å². The van der Waals surface area contributed by atoms with Gasteiger partial charge in [-0.25, -0.2) is 9.59 Å². The molecule has 6 heteroatoms. The molecule has 3 heterocycles. The van der Waals surface area contributed by atoms with E-state index >= 15 is 0 Å². The van der Waals surface area contributed by atoms with Gasteiger partial charge in [0.1, 0.15) is 28.4 Å². The topological polar surface area (TPSA) is 89.9 Å². The fourth-order valence-corrected chi connectivity index (χ4v) is 5.15. The molecule has 174 valence electrons. The fourth-order valence-electron chi connectivity index (χ4n) is 5.15. The number of hydrogen-bond acceptors (Lipinski definition) is 6. The van der Waals surface area contributed by atoms with Crippen LogP contribution in [-0.4, -0.2) is 5.11 Å². The van der Waals surface area contributed by atoms with E-state index in [-0.39, 0.29) is 16.9 Å². The number of hydrogen-bond donors (Lipinski definition) is 1. The van der Waals surface area contributed by atoms with Gasteiger partial charge in [0.15, 0.2) is 0 Å². The zero-order chi connectivity index (χ0) is 24.6. The van der Waals surface area contributed by atoms with Crippen LogP contribution in [0.25, 0.3) is 21.9 Å². The summed E-state index contributed by atoms with van der Waals surface area (Å²) in [6.07, 6.45) is 0. The maximum atomic E-state index is 13.5. The highest BCUT2D eigenvalue weighted by molar-refractivity contribution is 5.93. The van der Waals surface area contributed by atoms with Crippen molar-refractivity contribution in [3.8, 4) is 17.2 Å². The lowest BCUT2D eigenvalue weighted by atomic mass is 9.82. The van der Waals surface area contributed by atoms with E-state index in [2.05, 4.69) is 0 Å². The summed E-state index contributed by atoms with van der Waals surface area (Å²) in [7, 11) is 0. The fraction of sp³-hybridized carbons (Fsp3) is 0.172. The molecule has 1 aliphatic rings. The van der Waals surface area contributed by atoms with Gasteiger partial charge < -0.3 is 18.7 Å². The molecule has 0 radical (unpaired) electrons. The SMILES string of the molecule is Cc1ccc(C)c2c(O)c(C3c4ccccc4Oc4c3c(=O)oc3c(C)ccc(C)c43)c(=O)oc12. The summed E-state index contributed by atoms with van der Waals surface area (Å²) in [5, 5.41) is 12.6. The molecule has 35 heavy (non-hydrogen) atoms. The summed E-state index contributed by atoms with van der Waals surface area (Å²) >= 11 is 0. The monoisotopic (exact) mass is 466 g/mol. The van der Waals surface area contributed by atoms with E-state index in [1.165, 1.54) is 0 Å². The smallest absolute Gasteiger partial charge is 0.344 e. The summed E-state index contributed by atoms with van der Waals surface area (Å²) in [5.74, 6) is -0.305. The molecule has 5 aromatic rings. The molecular formula is C29H22O6. The lowest BCUT2D eigenvalue weighted by Crippen LogP contribution is -2.25. The Kier molecular flexibility index (Phi) is 4.45. The van der Waals surface area contributed by atoms with E-state index in [9.17, 15) is 14.7 Å². The highest BCUT2D eigenvalue weighted by Crippen LogP contribution is 2.51. The Bertz CT molecular complexity index is 1800. The molecule has 0 saturated carbocycles. The van der Waals surface area contributed by atoms with Gasteiger partial charge in [0.05, 0.1) is 27.8 Å². The van der Waals surface area contributed by atoms with Crippen molar-refractivity contribution in [3.05, 3.63) is 108 Å². The summed E-state index contributed by atoms with van der Waals surface area (Å²) in [6, 6.07) is 14.7. The zero-order valence-corrected chi connectivity index (χ0v) is 19.7. The van der Waals surface area contributed by atoms with E-state index in [4.69, 9.17) is 13.6 Å². The number of benzene rings is 3. The van der Waals surface area contributed by atoms with Gasteiger partial charge in [-0.3, -0.25) is 0 Å². The summed E-state index contributed by atoms with van der Waals surface area (Å²) < 4.78 is 17.8. The Morgan fingerprint density at radius 3 is 1.91 bits per heavy atom. The van der Waals surface area contributed by atoms with Crippen LogP contribution in [0.1, 0.15) is 44.9 Å². The number of ether oxygens (including phenoxy) is 1. The van der Waals surface area contributed by atoms with E-state index in [0.717, 1.165) is 22.3 Å².